The molecular formula is C10H17NO3. The lowest BCUT2D eigenvalue weighted by atomic mass is 10.0. The Morgan fingerprint density at radius 1 is 1.43 bits per heavy atom. The first kappa shape index (κ1) is 11.0. The Hall–Kier alpha value is -1.06. The van der Waals surface area contributed by atoms with Gasteiger partial charge in [0, 0.05) is 12.5 Å². The van der Waals surface area contributed by atoms with Gasteiger partial charge in [-0.05, 0) is 12.3 Å². The summed E-state index contributed by atoms with van der Waals surface area (Å²) in [6.07, 6.45) is 0.787. The van der Waals surface area contributed by atoms with E-state index in [0.29, 0.717) is 6.54 Å². The van der Waals surface area contributed by atoms with Gasteiger partial charge >= 0.3 is 5.97 Å². The molecule has 1 saturated heterocycles. The molecule has 0 aromatic rings. The lowest BCUT2D eigenvalue weighted by Crippen LogP contribution is -2.44. The van der Waals surface area contributed by atoms with Crippen LogP contribution in [0.3, 0.4) is 0 Å². The number of hydrogen-bond donors (Lipinski definition) is 1. The number of carboxylic acid groups (broad SMARTS) is 1. The maximum atomic E-state index is 11.7. The third kappa shape index (κ3) is 1.89. The number of nitrogens with zero attached hydrogens (tertiary/aromatic N) is 1. The fraction of sp³-hybridized carbons (Fsp3) is 0.800. The molecule has 0 saturated carbocycles. The first-order valence-corrected chi connectivity index (χ1v) is 4.98. The largest absolute Gasteiger partial charge is 0.480 e. The molecule has 4 heteroatoms. The molecule has 1 N–H and O–H groups in total. The van der Waals surface area contributed by atoms with Crippen LogP contribution in [0.1, 0.15) is 27.2 Å². The number of rotatable bonds is 2. The zero-order chi connectivity index (χ0) is 10.9. The molecule has 0 spiro atoms. The van der Waals surface area contributed by atoms with Crippen LogP contribution in [0.5, 0.6) is 0 Å². The number of carboxylic acids is 1. The number of amides is 1. The molecule has 4 nitrogen and oxygen atoms in total. The lowest BCUT2D eigenvalue weighted by Gasteiger charge is -2.24. The van der Waals surface area contributed by atoms with Crippen LogP contribution in [-0.4, -0.2) is 34.5 Å². The van der Waals surface area contributed by atoms with E-state index in [0.717, 1.165) is 6.42 Å². The highest BCUT2D eigenvalue weighted by molar-refractivity contribution is 5.85. The molecule has 0 aliphatic carbocycles. The van der Waals surface area contributed by atoms with E-state index in [2.05, 4.69) is 0 Å². The van der Waals surface area contributed by atoms with Gasteiger partial charge in [0.15, 0.2) is 0 Å². The Balaban J connectivity index is 2.79. The van der Waals surface area contributed by atoms with Crippen molar-refractivity contribution >= 4 is 11.9 Å². The summed E-state index contributed by atoms with van der Waals surface area (Å²) < 4.78 is 0. The average molecular weight is 199 g/mol. The Morgan fingerprint density at radius 3 is 2.43 bits per heavy atom. The number of aliphatic carboxylic acids is 1. The van der Waals surface area contributed by atoms with Crippen LogP contribution in [0.15, 0.2) is 0 Å². The van der Waals surface area contributed by atoms with Crippen molar-refractivity contribution in [3.63, 3.8) is 0 Å². The van der Waals surface area contributed by atoms with Gasteiger partial charge in [-0.1, -0.05) is 20.8 Å². The van der Waals surface area contributed by atoms with Gasteiger partial charge in [-0.2, -0.15) is 0 Å². The first-order valence-electron chi connectivity index (χ1n) is 4.98. The summed E-state index contributed by atoms with van der Waals surface area (Å²) in [6.45, 7) is 6.05. The monoisotopic (exact) mass is 199 g/mol. The number of carbonyl (C=O) groups is 2. The van der Waals surface area contributed by atoms with Gasteiger partial charge in [-0.15, -0.1) is 0 Å². The lowest BCUT2D eigenvalue weighted by molar-refractivity contribution is -0.150. The molecule has 0 bridgehead atoms. The number of carbonyl (C=O) groups excluding carboxylic acids is 1. The molecule has 0 radical (unpaired) electrons. The fourth-order valence-corrected chi connectivity index (χ4v) is 1.90. The van der Waals surface area contributed by atoms with Gasteiger partial charge in [0.25, 0.3) is 0 Å². The molecule has 0 unspecified atom stereocenters. The van der Waals surface area contributed by atoms with E-state index in [1.54, 1.807) is 13.8 Å². The Kier molecular flexibility index (Phi) is 3.13. The highest BCUT2D eigenvalue weighted by Crippen LogP contribution is 2.25. The average Bonchev–Trinajstić information content (AvgIpc) is 2.45. The predicted molar refractivity (Wildman–Crippen MR) is 51.8 cm³/mol. The normalized spacial score (nSPS) is 27.0. The molecule has 80 valence electrons. The molecule has 1 amide bonds. The summed E-state index contributed by atoms with van der Waals surface area (Å²) in [7, 11) is 0. The Morgan fingerprint density at radius 2 is 2.00 bits per heavy atom. The summed E-state index contributed by atoms with van der Waals surface area (Å²) in [5.74, 6) is -0.997. The van der Waals surface area contributed by atoms with Gasteiger partial charge in [0.1, 0.15) is 6.04 Å². The fourth-order valence-electron chi connectivity index (χ4n) is 1.90. The van der Waals surface area contributed by atoms with Crippen LogP contribution in [-0.2, 0) is 9.59 Å². The van der Waals surface area contributed by atoms with Crippen molar-refractivity contribution < 1.29 is 14.7 Å². The summed E-state index contributed by atoms with van der Waals surface area (Å²) in [4.78, 5) is 24.1. The topological polar surface area (TPSA) is 57.6 Å². The molecule has 0 aromatic heterocycles. The van der Waals surface area contributed by atoms with Gasteiger partial charge < -0.3 is 10.0 Å². The van der Waals surface area contributed by atoms with Crippen molar-refractivity contribution in [3.8, 4) is 0 Å². The first-order chi connectivity index (χ1) is 6.45. The third-order valence-corrected chi connectivity index (χ3v) is 2.73. The van der Waals surface area contributed by atoms with Crippen molar-refractivity contribution in [1.29, 1.82) is 0 Å². The van der Waals surface area contributed by atoms with Crippen LogP contribution in [0.4, 0.5) is 0 Å². The SMILES string of the molecule is CC(C)C(=O)N1CC[C@H](C)[C@H]1C(=O)O. The van der Waals surface area contributed by atoms with Gasteiger partial charge in [-0.3, -0.25) is 4.79 Å². The minimum atomic E-state index is -0.885. The molecule has 1 fully saturated rings. The Bertz CT molecular complexity index is 250. The molecule has 14 heavy (non-hydrogen) atoms. The van der Waals surface area contributed by atoms with Crippen molar-refractivity contribution in [1.82, 2.24) is 4.90 Å². The molecular weight excluding hydrogens is 182 g/mol. The second-order valence-electron chi connectivity index (χ2n) is 4.24. The van der Waals surface area contributed by atoms with Gasteiger partial charge in [0.05, 0.1) is 0 Å². The van der Waals surface area contributed by atoms with Gasteiger partial charge in [0.2, 0.25) is 5.91 Å². The van der Waals surface area contributed by atoms with Crippen LogP contribution in [0.2, 0.25) is 0 Å². The van der Waals surface area contributed by atoms with E-state index in [4.69, 9.17) is 5.11 Å². The second kappa shape index (κ2) is 3.98. The zero-order valence-corrected chi connectivity index (χ0v) is 8.86. The van der Waals surface area contributed by atoms with Crippen LogP contribution in [0, 0.1) is 11.8 Å². The predicted octanol–water partition coefficient (Wildman–Crippen LogP) is 0.964. The molecule has 1 heterocycles. The smallest absolute Gasteiger partial charge is 0.326 e. The zero-order valence-electron chi connectivity index (χ0n) is 8.86. The standard InChI is InChI=1S/C10H17NO3/c1-6(2)9(12)11-5-4-7(3)8(11)10(13)14/h6-8H,4-5H2,1-3H3,(H,13,14)/t7-,8-/m0/s1. The van der Waals surface area contributed by atoms with Crippen molar-refractivity contribution in [2.75, 3.05) is 6.54 Å². The van der Waals surface area contributed by atoms with Crippen molar-refractivity contribution in [2.24, 2.45) is 11.8 Å². The molecule has 2 atom stereocenters. The summed E-state index contributed by atoms with van der Waals surface area (Å²) in [6, 6.07) is -0.620. The van der Waals surface area contributed by atoms with E-state index in [1.807, 2.05) is 6.92 Å². The highest BCUT2D eigenvalue weighted by Gasteiger charge is 2.39. The number of hydrogen-bond acceptors (Lipinski definition) is 2. The minimum absolute atomic E-state index is 0.0539. The van der Waals surface area contributed by atoms with Crippen LogP contribution < -0.4 is 0 Å². The summed E-state index contributed by atoms with van der Waals surface area (Å²) >= 11 is 0. The third-order valence-electron chi connectivity index (χ3n) is 2.73. The maximum Gasteiger partial charge on any atom is 0.326 e. The summed E-state index contributed by atoms with van der Waals surface area (Å²) in [5, 5.41) is 8.99. The van der Waals surface area contributed by atoms with E-state index in [-0.39, 0.29) is 17.7 Å². The minimum Gasteiger partial charge on any atom is -0.480 e. The van der Waals surface area contributed by atoms with Crippen LogP contribution in [0.25, 0.3) is 0 Å². The van der Waals surface area contributed by atoms with E-state index in [1.165, 1.54) is 4.90 Å². The van der Waals surface area contributed by atoms with Crippen molar-refractivity contribution in [3.05, 3.63) is 0 Å². The number of likely N-dealkylation sites (tertiary alicyclic amines) is 1. The van der Waals surface area contributed by atoms with Crippen molar-refractivity contribution in [2.45, 2.75) is 33.2 Å². The van der Waals surface area contributed by atoms with E-state index >= 15 is 0 Å². The quantitative estimate of drug-likeness (QED) is 0.720. The van der Waals surface area contributed by atoms with Crippen LogP contribution >= 0.6 is 0 Å². The maximum absolute atomic E-state index is 11.7. The van der Waals surface area contributed by atoms with E-state index in [9.17, 15) is 9.59 Å². The second-order valence-corrected chi connectivity index (χ2v) is 4.24. The molecule has 1 aliphatic heterocycles. The van der Waals surface area contributed by atoms with Gasteiger partial charge in [-0.25, -0.2) is 4.79 Å². The highest BCUT2D eigenvalue weighted by atomic mass is 16.4. The molecule has 1 rings (SSSR count). The Labute approximate surface area is 83.9 Å². The molecule has 1 aliphatic rings. The van der Waals surface area contributed by atoms with E-state index < -0.39 is 12.0 Å². The summed E-state index contributed by atoms with van der Waals surface area (Å²) in [5.41, 5.74) is 0. The molecule has 0 aromatic carbocycles.